The fourth-order valence-corrected chi connectivity index (χ4v) is 1.81. The molecule has 0 spiro atoms. The Morgan fingerprint density at radius 1 is 1.35 bits per heavy atom. The molecule has 1 aromatic carbocycles. The molecular weight excluding hydrogens is 236 g/mol. The lowest BCUT2D eigenvalue weighted by molar-refractivity contribution is -0.116. The van der Waals surface area contributed by atoms with Crippen molar-refractivity contribution in [1.82, 2.24) is 10.1 Å². The lowest BCUT2D eigenvalue weighted by Gasteiger charge is -1.96. The van der Waals surface area contributed by atoms with Gasteiger partial charge in [0.15, 0.2) is 0 Å². The van der Waals surface area contributed by atoms with Crippen LogP contribution in [0.5, 0.6) is 0 Å². The van der Waals surface area contributed by atoms with Gasteiger partial charge in [0.1, 0.15) is 5.78 Å². The average molecular weight is 248 g/mol. The summed E-state index contributed by atoms with van der Waals surface area (Å²) >= 11 is 1.68. The maximum atomic E-state index is 10.9. The minimum Gasteiger partial charge on any atom is -0.339 e. The second-order valence-electron chi connectivity index (χ2n) is 3.62. The van der Waals surface area contributed by atoms with Crippen LogP contribution in [-0.4, -0.2) is 22.2 Å². The van der Waals surface area contributed by atoms with Crippen LogP contribution < -0.4 is 0 Å². The molecule has 1 aromatic heterocycles. The molecule has 0 aliphatic carbocycles. The average Bonchev–Trinajstić information content (AvgIpc) is 2.77. The summed E-state index contributed by atoms with van der Waals surface area (Å²) in [6.07, 6.45) is 2.21. The molecule has 5 heteroatoms. The van der Waals surface area contributed by atoms with Crippen LogP contribution in [0.2, 0.25) is 0 Å². The number of carbonyl (C=O) groups is 1. The van der Waals surface area contributed by atoms with Gasteiger partial charge in [0.25, 0.3) is 0 Å². The molecule has 2 aromatic rings. The molecule has 0 amide bonds. The minimum atomic E-state index is 0.0120. The molecule has 0 N–H and O–H groups in total. The zero-order valence-corrected chi connectivity index (χ0v) is 10.5. The third kappa shape index (κ3) is 2.94. The Hall–Kier alpha value is -1.62. The third-order valence-electron chi connectivity index (χ3n) is 2.22. The van der Waals surface area contributed by atoms with Crippen LogP contribution in [0.25, 0.3) is 11.4 Å². The number of aromatic nitrogens is 2. The van der Waals surface area contributed by atoms with E-state index in [2.05, 4.69) is 10.1 Å². The molecule has 2 rings (SSSR count). The Bertz CT molecular complexity index is 520. The summed E-state index contributed by atoms with van der Waals surface area (Å²) in [5.41, 5.74) is 0.890. The molecule has 0 atom stereocenters. The van der Waals surface area contributed by atoms with E-state index in [0.717, 1.165) is 5.56 Å². The summed E-state index contributed by atoms with van der Waals surface area (Å²) in [4.78, 5) is 16.3. The Labute approximate surface area is 103 Å². The van der Waals surface area contributed by atoms with Gasteiger partial charge in [0, 0.05) is 10.5 Å². The van der Waals surface area contributed by atoms with Gasteiger partial charge in [-0.1, -0.05) is 5.16 Å². The van der Waals surface area contributed by atoms with Crippen molar-refractivity contribution in [2.75, 3.05) is 6.26 Å². The van der Waals surface area contributed by atoms with Crippen molar-refractivity contribution < 1.29 is 9.32 Å². The first kappa shape index (κ1) is 11.9. The van der Waals surface area contributed by atoms with E-state index >= 15 is 0 Å². The van der Waals surface area contributed by atoms with E-state index in [-0.39, 0.29) is 12.2 Å². The van der Waals surface area contributed by atoms with Gasteiger partial charge >= 0.3 is 0 Å². The van der Waals surface area contributed by atoms with E-state index in [0.29, 0.717) is 11.7 Å². The molecule has 0 bridgehead atoms. The second kappa shape index (κ2) is 5.14. The monoisotopic (exact) mass is 248 g/mol. The highest BCUT2D eigenvalue weighted by atomic mass is 32.2. The number of thioether (sulfide) groups is 1. The van der Waals surface area contributed by atoms with Crippen LogP contribution >= 0.6 is 11.8 Å². The van der Waals surface area contributed by atoms with E-state index in [9.17, 15) is 4.79 Å². The highest BCUT2D eigenvalue weighted by molar-refractivity contribution is 7.98. The summed E-state index contributed by atoms with van der Waals surface area (Å²) in [5, 5.41) is 3.85. The van der Waals surface area contributed by atoms with Gasteiger partial charge in [-0.05, 0) is 37.4 Å². The quantitative estimate of drug-likeness (QED) is 0.778. The third-order valence-corrected chi connectivity index (χ3v) is 2.96. The first-order valence-corrected chi connectivity index (χ1v) is 6.38. The number of benzene rings is 1. The van der Waals surface area contributed by atoms with Crippen molar-refractivity contribution in [3.63, 3.8) is 0 Å². The van der Waals surface area contributed by atoms with Gasteiger partial charge in [-0.2, -0.15) is 4.98 Å². The number of rotatable bonds is 4. The summed E-state index contributed by atoms with van der Waals surface area (Å²) in [5.74, 6) is 0.897. The minimum absolute atomic E-state index is 0.0120. The van der Waals surface area contributed by atoms with Crippen molar-refractivity contribution >= 4 is 17.5 Å². The summed E-state index contributed by atoms with van der Waals surface area (Å²) in [6.45, 7) is 1.50. The molecule has 0 saturated carbocycles. The van der Waals surface area contributed by atoms with Crippen molar-refractivity contribution in [1.29, 1.82) is 0 Å². The predicted octanol–water partition coefficient (Wildman–Crippen LogP) is 2.59. The lowest BCUT2D eigenvalue weighted by Crippen LogP contribution is -1.95. The van der Waals surface area contributed by atoms with Crippen molar-refractivity contribution in [3.05, 3.63) is 30.2 Å². The summed E-state index contributed by atoms with van der Waals surface area (Å²) < 4.78 is 5.00. The van der Waals surface area contributed by atoms with Crippen molar-refractivity contribution in [2.45, 2.75) is 18.2 Å². The zero-order valence-electron chi connectivity index (χ0n) is 9.64. The number of Topliss-reactive ketones (excluding diaryl/α,β-unsaturated/α-hetero) is 1. The molecule has 0 saturated heterocycles. The highest BCUT2D eigenvalue weighted by Crippen LogP contribution is 2.20. The molecule has 0 aliphatic heterocycles. The van der Waals surface area contributed by atoms with Gasteiger partial charge in [0.2, 0.25) is 11.7 Å². The smallest absolute Gasteiger partial charge is 0.234 e. The fraction of sp³-hybridized carbons (Fsp3) is 0.250. The van der Waals surface area contributed by atoms with E-state index in [4.69, 9.17) is 4.52 Å². The molecule has 17 heavy (non-hydrogen) atoms. The Morgan fingerprint density at radius 2 is 2.06 bits per heavy atom. The van der Waals surface area contributed by atoms with E-state index < -0.39 is 0 Å². The van der Waals surface area contributed by atoms with E-state index in [1.165, 1.54) is 11.8 Å². The van der Waals surface area contributed by atoms with Crippen LogP contribution in [-0.2, 0) is 11.2 Å². The first-order chi connectivity index (χ1) is 8.19. The molecule has 0 fully saturated rings. The standard InChI is InChI=1S/C12H12N2O2S/c1-8(15)7-11-13-12(14-16-11)9-3-5-10(17-2)6-4-9/h3-6H,7H2,1-2H3. The molecule has 1 heterocycles. The fourth-order valence-electron chi connectivity index (χ4n) is 1.40. The number of nitrogens with zero attached hydrogens (tertiary/aromatic N) is 2. The molecule has 0 aliphatic rings. The van der Waals surface area contributed by atoms with Crippen LogP contribution in [0.1, 0.15) is 12.8 Å². The normalized spacial score (nSPS) is 10.5. The van der Waals surface area contributed by atoms with Gasteiger partial charge in [-0.15, -0.1) is 11.8 Å². The predicted molar refractivity (Wildman–Crippen MR) is 65.9 cm³/mol. The SMILES string of the molecule is CSc1ccc(-c2noc(CC(C)=O)n2)cc1. The maximum Gasteiger partial charge on any atom is 0.234 e. The second-order valence-corrected chi connectivity index (χ2v) is 4.50. The number of carbonyl (C=O) groups excluding carboxylic acids is 1. The molecule has 88 valence electrons. The first-order valence-electron chi connectivity index (χ1n) is 5.15. The van der Waals surface area contributed by atoms with Crippen LogP contribution in [0, 0.1) is 0 Å². The van der Waals surface area contributed by atoms with Crippen LogP contribution in [0.3, 0.4) is 0 Å². The Kier molecular flexibility index (Phi) is 3.58. The maximum absolute atomic E-state index is 10.9. The number of hydrogen-bond acceptors (Lipinski definition) is 5. The molecule has 0 unspecified atom stereocenters. The topological polar surface area (TPSA) is 56.0 Å². The number of ketones is 1. The van der Waals surface area contributed by atoms with Crippen molar-refractivity contribution in [3.8, 4) is 11.4 Å². The summed E-state index contributed by atoms with van der Waals surface area (Å²) in [7, 11) is 0. The molecule has 0 radical (unpaired) electrons. The Balaban J connectivity index is 2.21. The van der Waals surface area contributed by atoms with Crippen LogP contribution in [0.4, 0.5) is 0 Å². The lowest BCUT2D eigenvalue weighted by atomic mass is 10.2. The van der Waals surface area contributed by atoms with Crippen LogP contribution in [0.15, 0.2) is 33.7 Å². The van der Waals surface area contributed by atoms with Crippen molar-refractivity contribution in [2.24, 2.45) is 0 Å². The van der Waals surface area contributed by atoms with Gasteiger partial charge < -0.3 is 4.52 Å². The van der Waals surface area contributed by atoms with E-state index in [1.807, 2.05) is 30.5 Å². The van der Waals surface area contributed by atoms with Gasteiger partial charge in [-0.25, -0.2) is 0 Å². The van der Waals surface area contributed by atoms with Gasteiger partial charge in [0.05, 0.1) is 6.42 Å². The molecule has 4 nitrogen and oxygen atoms in total. The highest BCUT2D eigenvalue weighted by Gasteiger charge is 2.09. The van der Waals surface area contributed by atoms with Gasteiger partial charge in [-0.3, -0.25) is 4.79 Å². The van der Waals surface area contributed by atoms with E-state index in [1.54, 1.807) is 11.8 Å². The summed E-state index contributed by atoms with van der Waals surface area (Å²) in [6, 6.07) is 7.88. The zero-order chi connectivity index (χ0) is 12.3. The Morgan fingerprint density at radius 3 is 2.65 bits per heavy atom. The number of hydrogen-bond donors (Lipinski definition) is 0. The largest absolute Gasteiger partial charge is 0.339 e. The molecular formula is C12H12N2O2S.